The van der Waals surface area contributed by atoms with E-state index in [-0.39, 0.29) is 10.9 Å². The van der Waals surface area contributed by atoms with Gasteiger partial charge in [-0.05, 0) is 0 Å². The van der Waals surface area contributed by atoms with Gasteiger partial charge in [0.25, 0.3) is 0 Å². The van der Waals surface area contributed by atoms with Gasteiger partial charge in [-0.15, -0.1) is 0 Å². The summed E-state index contributed by atoms with van der Waals surface area (Å²) in [5, 5.41) is 0. The Labute approximate surface area is 89.3 Å². The van der Waals surface area contributed by atoms with Crippen molar-refractivity contribution in [2.75, 3.05) is 14.2 Å². The van der Waals surface area contributed by atoms with Crippen molar-refractivity contribution >= 4 is 13.0 Å². The van der Waals surface area contributed by atoms with E-state index in [9.17, 15) is 4.57 Å². The third-order valence-corrected chi connectivity index (χ3v) is 3.62. The monoisotopic (exact) mass is 233 g/mol. The molecule has 0 aliphatic rings. The van der Waals surface area contributed by atoms with Gasteiger partial charge in [0.2, 0.25) is 0 Å². The second kappa shape index (κ2) is 4.08. The first kappa shape index (κ1) is 12.4. The zero-order valence-electron chi connectivity index (χ0n) is 9.60. The molecule has 0 saturated heterocycles. The zero-order chi connectivity index (χ0) is 11.7. The van der Waals surface area contributed by atoms with Crippen LogP contribution in [0, 0.1) is 0 Å². The zero-order valence-corrected chi connectivity index (χ0v) is 10.5. The molecule has 0 aliphatic carbocycles. The average Bonchev–Trinajstić information content (AvgIpc) is 2.65. The van der Waals surface area contributed by atoms with E-state index in [2.05, 4.69) is 4.98 Å². The van der Waals surface area contributed by atoms with Crippen molar-refractivity contribution in [2.24, 2.45) is 0 Å². The van der Waals surface area contributed by atoms with Gasteiger partial charge < -0.3 is 13.5 Å². The number of hydrogen-bond donors (Lipinski definition) is 0. The molecule has 0 bridgehead atoms. The van der Waals surface area contributed by atoms with Gasteiger partial charge in [0.1, 0.15) is 6.26 Å². The summed E-state index contributed by atoms with van der Waals surface area (Å²) in [5.41, 5.74) is -0.0256. The van der Waals surface area contributed by atoms with Crippen molar-refractivity contribution in [3.63, 3.8) is 0 Å². The molecule has 0 aliphatic heterocycles. The molecule has 0 spiro atoms. The Hall–Kier alpha value is -0.640. The molecular weight excluding hydrogens is 217 g/mol. The van der Waals surface area contributed by atoms with Crippen molar-refractivity contribution in [1.82, 2.24) is 4.98 Å². The molecule has 0 saturated carbocycles. The molecule has 5 nitrogen and oxygen atoms in total. The Morgan fingerprint density at radius 3 is 2.20 bits per heavy atom. The Balaban J connectivity index is 3.09. The summed E-state index contributed by atoms with van der Waals surface area (Å²) >= 11 is 0. The van der Waals surface area contributed by atoms with Crippen LogP contribution in [0.3, 0.4) is 0 Å². The van der Waals surface area contributed by atoms with E-state index in [0.717, 1.165) is 0 Å². The SMILES string of the molecule is COP(=O)(OC)c1coc(C(C)(C)C)n1. The molecule has 1 aromatic rings. The van der Waals surface area contributed by atoms with Gasteiger partial charge in [-0.3, -0.25) is 4.57 Å². The van der Waals surface area contributed by atoms with E-state index in [1.165, 1.54) is 20.5 Å². The van der Waals surface area contributed by atoms with Gasteiger partial charge in [0.05, 0.1) is 0 Å². The minimum Gasteiger partial charge on any atom is -0.447 e. The van der Waals surface area contributed by atoms with Gasteiger partial charge in [0, 0.05) is 19.6 Å². The van der Waals surface area contributed by atoms with E-state index >= 15 is 0 Å². The van der Waals surface area contributed by atoms with Crippen molar-refractivity contribution in [1.29, 1.82) is 0 Å². The summed E-state index contributed by atoms with van der Waals surface area (Å²) in [6.45, 7) is 5.85. The molecule has 0 radical (unpaired) electrons. The molecule has 0 atom stereocenters. The largest absolute Gasteiger partial charge is 0.447 e. The van der Waals surface area contributed by atoms with Crippen LogP contribution in [0.5, 0.6) is 0 Å². The fourth-order valence-corrected chi connectivity index (χ4v) is 1.92. The van der Waals surface area contributed by atoms with Crippen LogP contribution in [0.15, 0.2) is 10.7 Å². The standard InChI is InChI=1S/C9H16NO4P/c1-9(2,3)8-10-7(6-14-8)15(11,12-4)13-5/h6H,1-5H3. The average molecular weight is 233 g/mol. The second-order valence-electron chi connectivity index (χ2n) is 4.12. The quantitative estimate of drug-likeness (QED) is 0.748. The Morgan fingerprint density at radius 1 is 1.33 bits per heavy atom. The lowest BCUT2D eigenvalue weighted by Crippen LogP contribution is -2.15. The lowest BCUT2D eigenvalue weighted by molar-refractivity contribution is 0.286. The molecule has 0 unspecified atom stereocenters. The van der Waals surface area contributed by atoms with Crippen molar-refractivity contribution in [3.8, 4) is 0 Å². The summed E-state index contributed by atoms with van der Waals surface area (Å²) in [7, 11) is -0.657. The van der Waals surface area contributed by atoms with Crippen LogP contribution < -0.4 is 5.44 Å². The first-order valence-corrected chi connectivity index (χ1v) is 6.06. The van der Waals surface area contributed by atoms with Crippen LogP contribution >= 0.6 is 7.60 Å². The summed E-state index contributed by atoms with van der Waals surface area (Å²) in [5.74, 6) is 0.506. The first-order valence-electron chi connectivity index (χ1n) is 4.51. The van der Waals surface area contributed by atoms with Crippen LogP contribution in [0.1, 0.15) is 26.7 Å². The van der Waals surface area contributed by atoms with Crippen molar-refractivity contribution in [2.45, 2.75) is 26.2 Å². The lowest BCUT2D eigenvalue weighted by Gasteiger charge is -2.12. The lowest BCUT2D eigenvalue weighted by atomic mass is 9.97. The highest BCUT2D eigenvalue weighted by molar-refractivity contribution is 7.61. The van der Waals surface area contributed by atoms with Crippen LogP contribution in [-0.4, -0.2) is 19.2 Å². The molecule has 1 aromatic heterocycles. The molecule has 1 rings (SSSR count). The fourth-order valence-electron chi connectivity index (χ4n) is 0.997. The number of aromatic nitrogens is 1. The maximum absolute atomic E-state index is 11.9. The third kappa shape index (κ3) is 2.48. The summed E-state index contributed by atoms with van der Waals surface area (Å²) in [6, 6.07) is 0. The molecule has 0 N–H and O–H groups in total. The predicted octanol–water partition coefficient (Wildman–Crippen LogP) is 2.08. The van der Waals surface area contributed by atoms with Crippen LogP contribution in [0.4, 0.5) is 0 Å². The number of nitrogens with zero attached hydrogens (tertiary/aromatic N) is 1. The fraction of sp³-hybridized carbons (Fsp3) is 0.667. The van der Waals surface area contributed by atoms with E-state index < -0.39 is 7.60 Å². The number of rotatable bonds is 3. The van der Waals surface area contributed by atoms with Crippen LogP contribution in [-0.2, 0) is 19.0 Å². The predicted molar refractivity (Wildman–Crippen MR) is 56.5 cm³/mol. The summed E-state index contributed by atoms with van der Waals surface area (Å²) in [6.07, 6.45) is 1.31. The van der Waals surface area contributed by atoms with E-state index in [1.807, 2.05) is 20.8 Å². The summed E-state index contributed by atoms with van der Waals surface area (Å²) in [4.78, 5) is 4.12. The molecule has 0 aromatic carbocycles. The highest BCUT2D eigenvalue weighted by Gasteiger charge is 2.31. The smallest absolute Gasteiger partial charge is 0.382 e. The highest BCUT2D eigenvalue weighted by atomic mass is 31.2. The molecule has 15 heavy (non-hydrogen) atoms. The van der Waals surface area contributed by atoms with E-state index in [1.54, 1.807) is 0 Å². The topological polar surface area (TPSA) is 61.6 Å². The van der Waals surface area contributed by atoms with Crippen LogP contribution in [0.25, 0.3) is 0 Å². The Morgan fingerprint density at radius 2 is 1.87 bits per heavy atom. The molecule has 0 fully saturated rings. The number of oxazole rings is 1. The van der Waals surface area contributed by atoms with E-state index in [0.29, 0.717) is 5.89 Å². The molecule has 1 heterocycles. The number of hydrogen-bond acceptors (Lipinski definition) is 5. The molecule has 0 amide bonds. The van der Waals surface area contributed by atoms with Crippen molar-refractivity contribution < 1.29 is 18.0 Å². The first-order chi connectivity index (χ1) is 6.83. The highest BCUT2D eigenvalue weighted by Crippen LogP contribution is 2.44. The van der Waals surface area contributed by atoms with Gasteiger partial charge >= 0.3 is 7.60 Å². The maximum Gasteiger partial charge on any atom is 0.382 e. The maximum atomic E-state index is 11.9. The van der Waals surface area contributed by atoms with Gasteiger partial charge in [-0.2, -0.15) is 0 Å². The van der Waals surface area contributed by atoms with Crippen molar-refractivity contribution in [3.05, 3.63) is 12.2 Å². The third-order valence-electron chi connectivity index (χ3n) is 1.89. The van der Waals surface area contributed by atoms with Crippen LogP contribution in [0.2, 0.25) is 0 Å². The second-order valence-corrected chi connectivity index (χ2v) is 6.31. The Kier molecular flexibility index (Phi) is 3.38. The van der Waals surface area contributed by atoms with Gasteiger partial charge in [-0.25, -0.2) is 4.98 Å². The minimum atomic E-state index is -3.29. The van der Waals surface area contributed by atoms with Gasteiger partial charge in [-0.1, -0.05) is 20.8 Å². The summed E-state index contributed by atoms with van der Waals surface area (Å²) < 4.78 is 26.8. The van der Waals surface area contributed by atoms with E-state index in [4.69, 9.17) is 13.5 Å². The molecule has 86 valence electrons. The van der Waals surface area contributed by atoms with Gasteiger partial charge in [0.15, 0.2) is 11.3 Å². The normalized spacial score (nSPS) is 13.1. The Bertz CT molecular complexity index is 372. The molecular formula is C9H16NO4P. The minimum absolute atomic E-state index is 0.206. The molecule has 6 heteroatoms.